The first-order valence-corrected chi connectivity index (χ1v) is 10.3. The van der Waals surface area contributed by atoms with Gasteiger partial charge in [0.2, 0.25) is 0 Å². The molecule has 4 rings (SSSR count). The molecule has 154 valence electrons. The van der Waals surface area contributed by atoms with Crippen molar-refractivity contribution in [3.05, 3.63) is 95.3 Å². The lowest BCUT2D eigenvalue weighted by atomic mass is 10.0. The quantitative estimate of drug-likeness (QED) is 0.535. The van der Waals surface area contributed by atoms with Crippen LogP contribution in [-0.4, -0.2) is 42.0 Å². The molecule has 0 aliphatic carbocycles. The fraction of sp³-hybridized carbons (Fsp3) is 0.280. The largest absolute Gasteiger partial charge is 0.488 e. The van der Waals surface area contributed by atoms with Gasteiger partial charge in [0.25, 0.3) is 0 Å². The lowest BCUT2D eigenvalue weighted by Gasteiger charge is -2.26. The molecule has 2 heterocycles. The third-order valence-corrected chi connectivity index (χ3v) is 5.18. The van der Waals surface area contributed by atoms with Gasteiger partial charge < -0.3 is 9.47 Å². The van der Waals surface area contributed by atoms with Gasteiger partial charge in [-0.05, 0) is 34.9 Å². The Hall–Kier alpha value is -3.02. The Bertz CT molecular complexity index is 955. The van der Waals surface area contributed by atoms with E-state index in [1.807, 2.05) is 54.6 Å². The van der Waals surface area contributed by atoms with Crippen molar-refractivity contribution in [1.29, 1.82) is 0 Å². The molecule has 5 heteroatoms. The summed E-state index contributed by atoms with van der Waals surface area (Å²) in [6.45, 7) is 4.55. The molecule has 1 aliphatic heterocycles. The SMILES string of the molecule is O=C(Cc1cccnc1)c1cc(CN2CCOCC2)ccc1OCc1ccccc1. The molecule has 1 aromatic heterocycles. The van der Waals surface area contributed by atoms with E-state index in [0.717, 1.165) is 49.5 Å². The summed E-state index contributed by atoms with van der Waals surface area (Å²) in [5.74, 6) is 0.661. The minimum absolute atomic E-state index is 0.0369. The highest BCUT2D eigenvalue weighted by atomic mass is 16.5. The summed E-state index contributed by atoms with van der Waals surface area (Å²) in [7, 11) is 0. The van der Waals surface area contributed by atoms with E-state index in [1.54, 1.807) is 12.4 Å². The van der Waals surface area contributed by atoms with Crippen molar-refractivity contribution in [3.63, 3.8) is 0 Å². The second kappa shape index (κ2) is 10.1. The average molecular weight is 402 g/mol. The number of carbonyl (C=O) groups excluding carboxylic acids is 1. The summed E-state index contributed by atoms with van der Waals surface area (Å²) in [5, 5.41) is 0. The summed E-state index contributed by atoms with van der Waals surface area (Å²) >= 11 is 0. The lowest BCUT2D eigenvalue weighted by Crippen LogP contribution is -2.35. The number of pyridine rings is 1. The molecule has 2 aromatic carbocycles. The van der Waals surface area contributed by atoms with E-state index >= 15 is 0 Å². The van der Waals surface area contributed by atoms with E-state index in [-0.39, 0.29) is 5.78 Å². The number of ether oxygens (including phenoxy) is 2. The van der Waals surface area contributed by atoms with Crippen LogP contribution in [0.5, 0.6) is 5.75 Å². The first-order chi connectivity index (χ1) is 14.8. The summed E-state index contributed by atoms with van der Waals surface area (Å²) < 4.78 is 11.5. The Kier molecular flexibility index (Phi) is 6.85. The van der Waals surface area contributed by atoms with Gasteiger partial charge in [-0.25, -0.2) is 0 Å². The predicted octanol–water partition coefficient (Wildman–Crippen LogP) is 3.92. The number of hydrogen-bond acceptors (Lipinski definition) is 5. The van der Waals surface area contributed by atoms with Crippen LogP contribution in [0.1, 0.15) is 27.0 Å². The molecule has 0 radical (unpaired) electrons. The van der Waals surface area contributed by atoms with E-state index < -0.39 is 0 Å². The second-order valence-electron chi connectivity index (χ2n) is 7.45. The maximum Gasteiger partial charge on any atom is 0.171 e. The van der Waals surface area contributed by atoms with E-state index in [1.165, 1.54) is 0 Å². The van der Waals surface area contributed by atoms with Crippen LogP contribution in [0.2, 0.25) is 0 Å². The highest BCUT2D eigenvalue weighted by molar-refractivity contribution is 6.00. The molecule has 3 aromatic rings. The van der Waals surface area contributed by atoms with Crippen LogP contribution in [-0.2, 0) is 24.3 Å². The zero-order valence-electron chi connectivity index (χ0n) is 17.0. The molecule has 0 amide bonds. The fourth-order valence-electron chi connectivity index (χ4n) is 3.56. The van der Waals surface area contributed by atoms with Crippen LogP contribution in [0.15, 0.2) is 73.1 Å². The zero-order chi connectivity index (χ0) is 20.6. The number of carbonyl (C=O) groups is 1. The molecule has 1 saturated heterocycles. The van der Waals surface area contributed by atoms with Gasteiger partial charge in [0.15, 0.2) is 5.78 Å². The van der Waals surface area contributed by atoms with Crippen molar-refractivity contribution in [2.75, 3.05) is 26.3 Å². The van der Waals surface area contributed by atoms with Crippen molar-refractivity contribution in [1.82, 2.24) is 9.88 Å². The molecule has 0 spiro atoms. The number of ketones is 1. The molecule has 0 N–H and O–H groups in total. The Morgan fingerprint density at radius 2 is 1.77 bits per heavy atom. The first-order valence-electron chi connectivity index (χ1n) is 10.3. The number of nitrogens with zero attached hydrogens (tertiary/aromatic N) is 2. The normalized spacial score (nSPS) is 14.4. The van der Waals surface area contributed by atoms with Crippen LogP contribution in [0.3, 0.4) is 0 Å². The molecule has 0 saturated carbocycles. The third kappa shape index (κ3) is 5.53. The van der Waals surface area contributed by atoms with Gasteiger partial charge in [0.05, 0.1) is 18.8 Å². The van der Waals surface area contributed by atoms with Gasteiger partial charge >= 0.3 is 0 Å². The maximum atomic E-state index is 13.1. The molecule has 0 atom stereocenters. The molecular formula is C25H26N2O3. The number of hydrogen-bond donors (Lipinski definition) is 0. The summed E-state index contributed by atoms with van der Waals surface area (Å²) in [4.78, 5) is 19.6. The lowest BCUT2D eigenvalue weighted by molar-refractivity contribution is 0.0341. The average Bonchev–Trinajstić information content (AvgIpc) is 2.80. The molecule has 1 aliphatic rings. The number of rotatable bonds is 8. The van der Waals surface area contributed by atoms with Crippen LogP contribution in [0, 0.1) is 0 Å². The molecular weight excluding hydrogens is 376 g/mol. The Morgan fingerprint density at radius 1 is 0.967 bits per heavy atom. The first kappa shape index (κ1) is 20.3. The van der Waals surface area contributed by atoms with E-state index in [9.17, 15) is 4.79 Å². The Balaban J connectivity index is 1.54. The topological polar surface area (TPSA) is 51.7 Å². The number of morpholine rings is 1. The minimum atomic E-state index is 0.0369. The number of benzene rings is 2. The third-order valence-electron chi connectivity index (χ3n) is 5.18. The van der Waals surface area contributed by atoms with Crippen molar-refractivity contribution in [2.45, 2.75) is 19.6 Å². The van der Waals surface area contributed by atoms with Crippen LogP contribution in [0.4, 0.5) is 0 Å². The summed E-state index contributed by atoms with van der Waals surface area (Å²) in [6, 6.07) is 19.7. The van der Waals surface area contributed by atoms with E-state index in [0.29, 0.717) is 24.3 Å². The van der Waals surface area contributed by atoms with Gasteiger partial charge in [-0.1, -0.05) is 42.5 Å². The summed E-state index contributed by atoms with van der Waals surface area (Å²) in [5.41, 5.74) is 3.70. The van der Waals surface area contributed by atoms with Crippen LogP contribution >= 0.6 is 0 Å². The van der Waals surface area contributed by atoms with Crippen molar-refractivity contribution >= 4 is 5.78 Å². The number of Topliss-reactive ketones (excluding diaryl/α,β-unsaturated/α-hetero) is 1. The zero-order valence-corrected chi connectivity index (χ0v) is 17.0. The second-order valence-corrected chi connectivity index (χ2v) is 7.45. The standard InChI is InChI=1S/C25H26N2O3/c28-24(16-21-7-4-10-26-17-21)23-15-22(18-27-11-13-29-14-12-27)8-9-25(23)30-19-20-5-2-1-3-6-20/h1-10,15,17H,11-14,16,18-19H2. The highest BCUT2D eigenvalue weighted by Gasteiger charge is 2.17. The van der Waals surface area contributed by atoms with Crippen LogP contribution in [0.25, 0.3) is 0 Å². The van der Waals surface area contributed by atoms with Crippen molar-refractivity contribution in [2.24, 2.45) is 0 Å². The van der Waals surface area contributed by atoms with Crippen LogP contribution < -0.4 is 4.74 Å². The molecule has 5 nitrogen and oxygen atoms in total. The van der Waals surface area contributed by atoms with Gasteiger partial charge in [-0.2, -0.15) is 0 Å². The monoisotopic (exact) mass is 402 g/mol. The number of aromatic nitrogens is 1. The predicted molar refractivity (Wildman–Crippen MR) is 116 cm³/mol. The smallest absolute Gasteiger partial charge is 0.171 e. The van der Waals surface area contributed by atoms with E-state index in [2.05, 4.69) is 16.0 Å². The van der Waals surface area contributed by atoms with Gasteiger partial charge in [-0.3, -0.25) is 14.7 Å². The van der Waals surface area contributed by atoms with Gasteiger partial charge in [-0.15, -0.1) is 0 Å². The van der Waals surface area contributed by atoms with Gasteiger partial charge in [0.1, 0.15) is 12.4 Å². The summed E-state index contributed by atoms with van der Waals surface area (Å²) in [6.07, 6.45) is 3.75. The maximum absolute atomic E-state index is 13.1. The Morgan fingerprint density at radius 3 is 2.53 bits per heavy atom. The molecule has 30 heavy (non-hydrogen) atoms. The molecule has 1 fully saturated rings. The van der Waals surface area contributed by atoms with Gasteiger partial charge in [0, 0.05) is 38.4 Å². The highest BCUT2D eigenvalue weighted by Crippen LogP contribution is 2.24. The van der Waals surface area contributed by atoms with Crippen molar-refractivity contribution < 1.29 is 14.3 Å². The Labute approximate surface area is 177 Å². The molecule has 0 bridgehead atoms. The minimum Gasteiger partial charge on any atom is -0.488 e. The van der Waals surface area contributed by atoms with Crippen molar-refractivity contribution in [3.8, 4) is 5.75 Å². The van der Waals surface area contributed by atoms with E-state index in [4.69, 9.17) is 9.47 Å². The molecule has 0 unspecified atom stereocenters. The fourth-order valence-corrected chi connectivity index (χ4v) is 3.56.